The Labute approximate surface area is 152 Å². The normalized spacial score (nSPS) is 10.5. The van der Waals surface area contributed by atoms with Gasteiger partial charge in [0, 0.05) is 36.7 Å². The van der Waals surface area contributed by atoms with E-state index in [4.69, 9.17) is 0 Å². The van der Waals surface area contributed by atoms with Gasteiger partial charge in [-0.2, -0.15) is 0 Å². The van der Waals surface area contributed by atoms with Gasteiger partial charge in [-0.25, -0.2) is 15.0 Å². The molecule has 0 saturated heterocycles. The van der Waals surface area contributed by atoms with Crippen LogP contribution < -0.4 is 16.0 Å². The monoisotopic (exact) mass is 350 g/mol. The molecule has 0 aliphatic rings. The third-order valence-corrected chi connectivity index (χ3v) is 3.76. The van der Waals surface area contributed by atoms with Crippen molar-refractivity contribution >= 4 is 17.5 Å². The van der Waals surface area contributed by atoms with Crippen molar-refractivity contribution in [3.63, 3.8) is 0 Å². The molecule has 0 bridgehead atoms. The number of benzene rings is 1. The maximum Gasteiger partial charge on any atom is 0.227 e. The van der Waals surface area contributed by atoms with Crippen LogP contribution in [-0.4, -0.2) is 40.2 Å². The molecule has 2 heterocycles. The van der Waals surface area contributed by atoms with Crippen LogP contribution in [-0.2, 0) is 6.61 Å². The maximum absolute atomic E-state index is 9.24. The molecule has 2 aromatic heterocycles. The Bertz CT molecular complexity index is 837. The van der Waals surface area contributed by atoms with Crippen molar-refractivity contribution in [2.45, 2.75) is 6.61 Å². The molecule has 4 N–H and O–H groups in total. The number of pyridine rings is 1. The fourth-order valence-corrected chi connectivity index (χ4v) is 2.42. The van der Waals surface area contributed by atoms with Gasteiger partial charge in [0.1, 0.15) is 5.82 Å². The summed E-state index contributed by atoms with van der Waals surface area (Å²) in [6.07, 6.45) is 3.50. The van der Waals surface area contributed by atoms with E-state index in [1.807, 2.05) is 49.5 Å². The molecular weight excluding hydrogens is 328 g/mol. The minimum atomic E-state index is -0.00319. The zero-order valence-corrected chi connectivity index (χ0v) is 14.6. The van der Waals surface area contributed by atoms with Crippen LogP contribution in [0.5, 0.6) is 0 Å². The molecule has 3 rings (SSSR count). The first kappa shape index (κ1) is 17.8. The Morgan fingerprint density at radius 2 is 1.96 bits per heavy atom. The first-order chi connectivity index (χ1) is 12.8. The first-order valence-electron chi connectivity index (χ1n) is 8.43. The van der Waals surface area contributed by atoms with Crippen LogP contribution in [0.2, 0.25) is 0 Å². The largest absolute Gasteiger partial charge is 0.392 e. The quantitative estimate of drug-likeness (QED) is 0.463. The third-order valence-electron chi connectivity index (χ3n) is 3.76. The zero-order chi connectivity index (χ0) is 18.2. The molecule has 0 aliphatic heterocycles. The molecule has 0 amide bonds. The van der Waals surface area contributed by atoms with Gasteiger partial charge in [-0.05, 0) is 42.9 Å². The summed E-state index contributed by atoms with van der Waals surface area (Å²) < 4.78 is 0. The van der Waals surface area contributed by atoms with E-state index >= 15 is 0 Å². The van der Waals surface area contributed by atoms with E-state index in [-0.39, 0.29) is 6.61 Å². The summed E-state index contributed by atoms with van der Waals surface area (Å²) in [4.78, 5) is 13.2. The number of nitrogens with one attached hydrogen (secondary N) is 3. The average Bonchev–Trinajstić information content (AvgIpc) is 2.69. The average molecular weight is 350 g/mol. The summed E-state index contributed by atoms with van der Waals surface area (Å²) in [6, 6.07) is 13.3. The SMILES string of the molecule is CNCCNc1ccc(-c2ccnc(Nc3cccc(CO)c3)n2)cn1. The van der Waals surface area contributed by atoms with Crippen LogP contribution in [0.4, 0.5) is 17.5 Å². The van der Waals surface area contributed by atoms with E-state index in [9.17, 15) is 5.11 Å². The molecular formula is C19H22N6O. The highest BCUT2D eigenvalue weighted by Gasteiger charge is 2.04. The lowest BCUT2D eigenvalue weighted by molar-refractivity contribution is 0.282. The van der Waals surface area contributed by atoms with Crippen LogP contribution in [0.3, 0.4) is 0 Å². The Morgan fingerprint density at radius 3 is 2.73 bits per heavy atom. The predicted molar refractivity (Wildman–Crippen MR) is 103 cm³/mol. The lowest BCUT2D eigenvalue weighted by Crippen LogP contribution is -2.18. The van der Waals surface area contributed by atoms with Gasteiger partial charge in [0.15, 0.2) is 0 Å². The van der Waals surface area contributed by atoms with Gasteiger partial charge in [0.05, 0.1) is 12.3 Å². The van der Waals surface area contributed by atoms with Crippen LogP contribution in [0.1, 0.15) is 5.56 Å². The minimum Gasteiger partial charge on any atom is -0.392 e. The molecule has 0 atom stereocenters. The number of aliphatic hydroxyl groups is 1. The lowest BCUT2D eigenvalue weighted by Gasteiger charge is -2.08. The number of aliphatic hydroxyl groups excluding tert-OH is 1. The molecule has 7 heteroatoms. The summed E-state index contributed by atoms with van der Waals surface area (Å²) >= 11 is 0. The number of rotatable bonds is 8. The zero-order valence-electron chi connectivity index (χ0n) is 14.6. The van der Waals surface area contributed by atoms with Gasteiger partial charge >= 0.3 is 0 Å². The molecule has 0 saturated carbocycles. The molecule has 0 radical (unpaired) electrons. The van der Waals surface area contributed by atoms with Gasteiger partial charge in [0.2, 0.25) is 5.95 Å². The highest BCUT2D eigenvalue weighted by atomic mass is 16.3. The Balaban J connectivity index is 1.72. The van der Waals surface area contributed by atoms with E-state index in [0.29, 0.717) is 5.95 Å². The van der Waals surface area contributed by atoms with Crippen LogP contribution in [0.25, 0.3) is 11.3 Å². The fourth-order valence-electron chi connectivity index (χ4n) is 2.42. The summed E-state index contributed by atoms with van der Waals surface area (Å²) in [6.45, 7) is 1.69. The van der Waals surface area contributed by atoms with Crippen molar-refractivity contribution in [1.29, 1.82) is 0 Å². The third kappa shape index (κ3) is 4.75. The van der Waals surface area contributed by atoms with Crippen molar-refractivity contribution in [1.82, 2.24) is 20.3 Å². The van der Waals surface area contributed by atoms with Crippen LogP contribution in [0, 0.1) is 0 Å². The van der Waals surface area contributed by atoms with Gasteiger partial charge in [0.25, 0.3) is 0 Å². The lowest BCUT2D eigenvalue weighted by atomic mass is 10.2. The molecule has 134 valence electrons. The van der Waals surface area contributed by atoms with Gasteiger partial charge < -0.3 is 21.1 Å². The number of nitrogens with zero attached hydrogens (tertiary/aromatic N) is 3. The predicted octanol–water partition coefficient (Wildman–Crippen LogP) is 2.41. The van der Waals surface area contributed by atoms with Gasteiger partial charge in [-0.1, -0.05) is 12.1 Å². The molecule has 0 fully saturated rings. The Kier molecular flexibility index (Phi) is 6.08. The first-order valence-corrected chi connectivity index (χ1v) is 8.43. The fraction of sp³-hybridized carbons (Fsp3) is 0.211. The maximum atomic E-state index is 9.24. The molecule has 0 unspecified atom stereocenters. The molecule has 3 aromatic rings. The second-order valence-corrected chi connectivity index (χ2v) is 5.71. The van der Waals surface area contributed by atoms with E-state index in [2.05, 4.69) is 30.9 Å². The van der Waals surface area contributed by atoms with E-state index in [0.717, 1.165) is 41.4 Å². The van der Waals surface area contributed by atoms with Crippen molar-refractivity contribution < 1.29 is 5.11 Å². The number of aromatic nitrogens is 3. The van der Waals surface area contributed by atoms with Crippen molar-refractivity contribution in [2.24, 2.45) is 0 Å². The molecule has 26 heavy (non-hydrogen) atoms. The Hall–Kier alpha value is -3.03. The molecule has 0 spiro atoms. The second kappa shape index (κ2) is 8.89. The minimum absolute atomic E-state index is 0.00319. The summed E-state index contributed by atoms with van der Waals surface area (Å²) in [5, 5.41) is 18.7. The van der Waals surface area contributed by atoms with Crippen LogP contribution in [0.15, 0.2) is 54.9 Å². The van der Waals surface area contributed by atoms with E-state index in [1.54, 1.807) is 12.4 Å². The standard InChI is InChI=1S/C19H22N6O/c1-20-9-10-21-18-6-5-15(12-23-18)17-7-8-22-19(25-17)24-16-4-2-3-14(11-16)13-26/h2-8,11-12,20,26H,9-10,13H2,1H3,(H,21,23)(H,22,24,25). The highest BCUT2D eigenvalue weighted by molar-refractivity contribution is 5.62. The highest BCUT2D eigenvalue weighted by Crippen LogP contribution is 2.20. The van der Waals surface area contributed by atoms with Gasteiger partial charge in [-0.15, -0.1) is 0 Å². The summed E-state index contributed by atoms with van der Waals surface area (Å²) in [5.74, 6) is 1.33. The Morgan fingerprint density at radius 1 is 1.04 bits per heavy atom. The van der Waals surface area contributed by atoms with Crippen LogP contribution >= 0.6 is 0 Å². The smallest absolute Gasteiger partial charge is 0.227 e. The van der Waals surface area contributed by atoms with Gasteiger partial charge in [-0.3, -0.25) is 0 Å². The van der Waals surface area contributed by atoms with Crippen molar-refractivity contribution in [3.8, 4) is 11.3 Å². The van der Waals surface area contributed by atoms with Crippen molar-refractivity contribution in [2.75, 3.05) is 30.8 Å². The number of hydrogen-bond donors (Lipinski definition) is 4. The molecule has 1 aromatic carbocycles. The summed E-state index contributed by atoms with van der Waals surface area (Å²) in [7, 11) is 1.92. The summed E-state index contributed by atoms with van der Waals surface area (Å²) in [5.41, 5.74) is 3.36. The van der Waals surface area contributed by atoms with Crippen molar-refractivity contribution in [3.05, 3.63) is 60.4 Å². The number of likely N-dealkylation sites (N-methyl/N-ethyl adjacent to an activating group) is 1. The second-order valence-electron chi connectivity index (χ2n) is 5.71. The molecule has 7 nitrogen and oxygen atoms in total. The van der Waals surface area contributed by atoms with E-state index < -0.39 is 0 Å². The number of anilines is 3. The van der Waals surface area contributed by atoms with E-state index in [1.165, 1.54) is 0 Å². The number of hydrogen-bond acceptors (Lipinski definition) is 7. The molecule has 0 aliphatic carbocycles. The topological polar surface area (TPSA) is 95.0 Å².